The van der Waals surface area contributed by atoms with E-state index in [9.17, 15) is 4.79 Å². The summed E-state index contributed by atoms with van der Waals surface area (Å²) >= 11 is 0. The summed E-state index contributed by atoms with van der Waals surface area (Å²) in [5.74, 6) is 0.961. The second-order valence-corrected chi connectivity index (χ2v) is 8.35. The molecule has 1 N–H and O–H groups in total. The SMILES string of the molecule is CCN1CCN(CCCNC(=O)[C@H]2CCCN(c3ncnc4onc(C)c34)C2)CC1. The van der Waals surface area contributed by atoms with Gasteiger partial charge >= 0.3 is 0 Å². The molecule has 4 rings (SSSR count). The molecule has 0 aromatic carbocycles. The van der Waals surface area contributed by atoms with E-state index in [1.807, 2.05) is 6.92 Å². The summed E-state index contributed by atoms with van der Waals surface area (Å²) in [7, 11) is 0. The molecule has 1 amide bonds. The first-order valence-corrected chi connectivity index (χ1v) is 11.2. The van der Waals surface area contributed by atoms with Gasteiger partial charge in [0, 0.05) is 45.8 Å². The minimum Gasteiger partial charge on any atom is -0.356 e. The number of carbonyl (C=O) groups is 1. The molecule has 4 heterocycles. The Bertz CT molecular complexity index is 847. The van der Waals surface area contributed by atoms with Gasteiger partial charge in [-0.15, -0.1) is 0 Å². The summed E-state index contributed by atoms with van der Waals surface area (Å²) < 4.78 is 5.27. The van der Waals surface area contributed by atoms with E-state index >= 15 is 0 Å². The molecule has 9 heteroatoms. The second kappa shape index (κ2) is 9.70. The lowest BCUT2D eigenvalue weighted by atomic mass is 9.97. The van der Waals surface area contributed by atoms with E-state index in [1.165, 1.54) is 6.33 Å². The largest absolute Gasteiger partial charge is 0.356 e. The smallest absolute Gasteiger partial charge is 0.263 e. The van der Waals surface area contributed by atoms with Crippen molar-refractivity contribution in [3.63, 3.8) is 0 Å². The van der Waals surface area contributed by atoms with Crippen LogP contribution in [-0.4, -0.2) is 89.7 Å². The maximum atomic E-state index is 12.8. The molecule has 2 aromatic heterocycles. The molecule has 0 aliphatic carbocycles. The van der Waals surface area contributed by atoms with Crippen LogP contribution < -0.4 is 10.2 Å². The number of aromatic nitrogens is 3. The summed E-state index contributed by atoms with van der Waals surface area (Å²) in [6.07, 6.45) is 4.39. The second-order valence-electron chi connectivity index (χ2n) is 8.35. The minimum atomic E-state index is -0.0166. The van der Waals surface area contributed by atoms with Crippen LogP contribution in [-0.2, 0) is 4.79 Å². The van der Waals surface area contributed by atoms with Gasteiger partial charge in [0.25, 0.3) is 5.71 Å². The average Bonchev–Trinajstić information content (AvgIpc) is 3.18. The van der Waals surface area contributed by atoms with Gasteiger partial charge in [-0.1, -0.05) is 12.1 Å². The van der Waals surface area contributed by atoms with Crippen LogP contribution in [0.15, 0.2) is 10.9 Å². The predicted octanol–water partition coefficient (Wildman–Crippen LogP) is 1.29. The molecule has 0 unspecified atom stereocenters. The summed E-state index contributed by atoms with van der Waals surface area (Å²) in [6, 6.07) is 0. The summed E-state index contributed by atoms with van der Waals surface area (Å²) in [5.41, 5.74) is 1.29. The van der Waals surface area contributed by atoms with Gasteiger partial charge in [-0.2, -0.15) is 4.98 Å². The maximum absolute atomic E-state index is 12.8. The van der Waals surface area contributed by atoms with Crippen LogP contribution in [0.25, 0.3) is 11.1 Å². The molecule has 2 aliphatic rings. The van der Waals surface area contributed by atoms with Crippen molar-refractivity contribution in [1.82, 2.24) is 30.2 Å². The third kappa shape index (κ3) is 4.73. The summed E-state index contributed by atoms with van der Waals surface area (Å²) in [6.45, 7) is 13.2. The summed E-state index contributed by atoms with van der Waals surface area (Å²) in [5, 5.41) is 8.02. The number of likely N-dealkylation sites (N-methyl/N-ethyl adjacent to an activating group) is 1. The molecule has 1 atom stereocenters. The normalized spacial score (nSPS) is 21.3. The number of amides is 1. The Kier molecular flexibility index (Phi) is 6.79. The van der Waals surface area contributed by atoms with Gasteiger partial charge in [0.15, 0.2) is 0 Å². The monoisotopic (exact) mass is 415 g/mol. The van der Waals surface area contributed by atoms with Crippen LogP contribution in [0.4, 0.5) is 5.82 Å². The Morgan fingerprint density at radius 1 is 1.20 bits per heavy atom. The van der Waals surface area contributed by atoms with Crippen molar-refractivity contribution >= 4 is 22.8 Å². The zero-order chi connectivity index (χ0) is 20.9. The molecule has 2 aromatic rings. The molecular formula is C21H33N7O2. The molecule has 2 fully saturated rings. The van der Waals surface area contributed by atoms with Crippen molar-refractivity contribution in [1.29, 1.82) is 0 Å². The number of fused-ring (bicyclic) bond motifs is 1. The Hall–Kier alpha value is -2.26. The molecular weight excluding hydrogens is 382 g/mol. The van der Waals surface area contributed by atoms with Gasteiger partial charge in [0.1, 0.15) is 17.5 Å². The number of anilines is 1. The topological polar surface area (TPSA) is 90.6 Å². The van der Waals surface area contributed by atoms with Crippen LogP contribution in [0.5, 0.6) is 0 Å². The van der Waals surface area contributed by atoms with E-state index in [-0.39, 0.29) is 11.8 Å². The zero-order valence-electron chi connectivity index (χ0n) is 18.1. The number of nitrogens with one attached hydrogen (secondary N) is 1. The molecule has 2 aliphatic heterocycles. The van der Waals surface area contributed by atoms with Gasteiger partial charge in [-0.3, -0.25) is 4.79 Å². The quantitative estimate of drug-likeness (QED) is 0.677. The lowest BCUT2D eigenvalue weighted by Crippen LogP contribution is -2.47. The fraction of sp³-hybridized carbons (Fsp3) is 0.714. The third-order valence-corrected chi connectivity index (χ3v) is 6.38. The van der Waals surface area contributed by atoms with Gasteiger partial charge in [0.2, 0.25) is 5.91 Å². The first-order valence-electron chi connectivity index (χ1n) is 11.2. The van der Waals surface area contributed by atoms with E-state index in [2.05, 4.69) is 42.1 Å². The lowest BCUT2D eigenvalue weighted by molar-refractivity contribution is -0.125. The molecule has 0 bridgehead atoms. The van der Waals surface area contributed by atoms with Crippen LogP contribution in [0.1, 0.15) is 31.9 Å². The van der Waals surface area contributed by atoms with E-state index in [0.29, 0.717) is 12.3 Å². The van der Waals surface area contributed by atoms with Crippen LogP contribution in [0.2, 0.25) is 0 Å². The number of hydrogen-bond acceptors (Lipinski definition) is 8. The van der Waals surface area contributed by atoms with Crippen LogP contribution in [0.3, 0.4) is 0 Å². The van der Waals surface area contributed by atoms with E-state index in [4.69, 9.17) is 4.52 Å². The number of hydrogen-bond donors (Lipinski definition) is 1. The van der Waals surface area contributed by atoms with Crippen LogP contribution in [0, 0.1) is 12.8 Å². The highest BCUT2D eigenvalue weighted by atomic mass is 16.5. The van der Waals surface area contributed by atoms with Crippen molar-refractivity contribution in [2.24, 2.45) is 5.92 Å². The highest BCUT2D eigenvalue weighted by Gasteiger charge is 2.28. The number of piperidine rings is 1. The Morgan fingerprint density at radius 3 is 2.80 bits per heavy atom. The zero-order valence-corrected chi connectivity index (χ0v) is 18.1. The highest BCUT2D eigenvalue weighted by Crippen LogP contribution is 2.29. The van der Waals surface area contributed by atoms with Crippen molar-refractivity contribution in [3.05, 3.63) is 12.0 Å². The number of nitrogens with zero attached hydrogens (tertiary/aromatic N) is 6. The fourth-order valence-corrected chi connectivity index (χ4v) is 4.51. The number of piperazine rings is 1. The third-order valence-electron chi connectivity index (χ3n) is 6.38. The van der Waals surface area contributed by atoms with E-state index < -0.39 is 0 Å². The average molecular weight is 416 g/mol. The molecule has 0 spiro atoms. The standard InChI is InChI=1S/C21H33N7O2/c1-3-26-10-12-27(13-11-26)8-5-7-22-20(29)17-6-4-9-28(14-17)19-18-16(2)25-30-21(18)24-15-23-19/h15,17H,3-14H2,1-2H3,(H,22,29)/t17-/m0/s1. The predicted molar refractivity (Wildman–Crippen MR) is 115 cm³/mol. The molecule has 2 saturated heterocycles. The van der Waals surface area contributed by atoms with Crippen molar-refractivity contribution < 1.29 is 9.32 Å². The maximum Gasteiger partial charge on any atom is 0.263 e. The Labute approximate surface area is 177 Å². The summed E-state index contributed by atoms with van der Waals surface area (Å²) in [4.78, 5) is 28.6. The molecule has 164 valence electrons. The van der Waals surface area contributed by atoms with Gasteiger partial charge < -0.3 is 24.5 Å². The number of aryl methyl sites for hydroxylation is 1. The highest BCUT2D eigenvalue weighted by molar-refractivity contribution is 5.88. The molecule has 0 saturated carbocycles. The first-order chi connectivity index (χ1) is 14.7. The van der Waals surface area contributed by atoms with Crippen molar-refractivity contribution in [2.45, 2.75) is 33.1 Å². The number of rotatable bonds is 7. The van der Waals surface area contributed by atoms with Crippen molar-refractivity contribution in [3.8, 4) is 0 Å². The van der Waals surface area contributed by atoms with Crippen LogP contribution >= 0.6 is 0 Å². The van der Waals surface area contributed by atoms with Gasteiger partial charge in [0.05, 0.1) is 11.6 Å². The minimum absolute atomic E-state index is 0.0166. The Morgan fingerprint density at radius 2 is 2.00 bits per heavy atom. The molecule has 0 radical (unpaired) electrons. The Balaban J connectivity index is 1.25. The molecule has 30 heavy (non-hydrogen) atoms. The van der Waals surface area contributed by atoms with E-state index in [1.54, 1.807) is 0 Å². The fourth-order valence-electron chi connectivity index (χ4n) is 4.51. The first kappa shape index (κ1) is 21.0. The van der Waals surface area contributed by atoms with Gasteiger partial charge in [-0.25, -0.2) is 4.98 Å². The lowest BCUT2D eigenvalue weighted by Gasteiger charge is -2.34. The number of carbonyl (C=O) groups excluding carboxylic acids is 1. The van der Waals surface area contributed by atoms with Gasteiger partial charge in [-0.05, 0) is 39.3 Å². The van der Waals surface area contributed by atoms with Crippen molar-refractivity contribution in [2.75, 3.05) is 63.8 Å². The molecule has 9 nitrogen and oxygen atoms in total. The van der Waals surface area contributed by atoms with E-state index in [0.717, 1.165) is 88.5 Å².